The van der Waals surface area contributed by atoms with Crippen LogP contribution in [0.1, 0.15) is 21.9 Å². The maximum absolute atomic E-state index is 12.4. The van der Waals surface area contributed by atoms with Gasteiger partial charge < -0.3 is 14.9 Å². The number of aryl methyl sites for hydroxylation is 1. The molecule has 0 bridgehead atoms. The van der Waals surface area contributed by atoms with Gasteiger partial charge in [-0.1, -0.05) is 0 Å². The first-order valence-corrected chi connectivity index (χ1v) is 6.41. The van der Waals surface area contributed by atoms with Gasteiger partial charge >= 0.3 is 0 Å². The second kappa shape index (κ2) is 4.80. The molecule has 0 aliphatic rings. The maximum Gasteiger partial charge on any atom is 0.274 e. The normalized spacial score (nSPS) is 10.5. The number of nitrogens with one attached hydrogen (secondary N) is 2. The number of nitrogens with zero attached hydrogens (tertiary/aromatic N) is 3. The van der Waals surface area contributed by atoms with E-state index < -0.39 is 0 Å². The van der Waals surface area contributed by atoms with E-state index in [4.69, 9.17) is 5.26 Å². The van der Waals surface area contributed by atoms with Crippen LogP contribution in [0.3, 0.4) is 0 Å². The van der Waals surface area contributed by atoms with Crippen LogP contribution in [0.25, 0.3) is 11.0 Å². The molecule has 0 saturated heterocycles. The van der Waals surface area contributed by atoms with Crippen LogP contribution >= 0.6 is 0 Å². The summed E-state index contributed by atoms with van der Waals surface area (Å²) in [5.41, 5.74) is 3.32. The van der Waals surface area contributed by atoms with Crippen molar-refractivity contribution in [3.05, 3.63) is 47.5 Å². The van der Waals surface area contributed by atoms with Crippen LogP contribution in [0.5, 0.6) is 0 Å². The van der Waals surface area contributed by atoms with E-state index >= 15 is 0 Å². The highest BCUT2D eigenvalue weighted by atomic mass is 16.2. The van der Waals surface area contributed by atoms with E-state index in [2.05, 4.69) is 15.0 Å². The highest BCUT2D eigenvalue weighted by molar-refractivity contribution is 6.05. The molecule has 0 unspecified atom stereocenters. The quantitative estimate of drug-likeness (QED) is 0.754. The molecule has 2 aromatic heterocycles. The third-order valence-electron chi connectivity index (χ3n) is 3.32. The summed E-state index contributed by atoms with van der Waals surface area (Å²) in [5, 5.41) is 8.80. The first-order chi connectivity index (χ1) is 10.1. The standard InChI is InChI=1S/C15H13N5O/c1-9-18-12-4-3-11(6-13(12)19-9)20(2)15(21)14-5-10(7-16)8-17-14/h3-6,8,17H,1-2H3,(H,18,19). The van der Waals surface area contributed by atoms with Gasteiger partial charge in [0.05, 0.1) is 16.6 Å². The van der Waals surface area contributed by atoms with E-state index in [-0.39, 0.29) is 5.91 Å². The van der Waals surface area contributed by atoms with E-state index in [0.29, 0.717) is 11.3 Å². The zero-order chi connectivity index (χ0) is 15.0. The monoisotopic (exact) mass is 279 g/mol. The summed E-state index contributed by atoms with van der Waals surface area (Å²) >= 11 is 0. The number of imidazole rings is 1. The van der Waals surface area contributed by atoms with Crippen molar-refractivity contribution in [1.29, 1.82) is 5.26 Å². The van der Waals surface area contributed by atoms with Crippen LogP contribution < -0.4 is 4.90 Å². The Balaban J connectivity index is 1.93. The predicted molar refractivity (Wildman–Crippen MR) is 79.1 cm³/mol. The summed E-state index contributed by atoms with van der Waals surface area (Å²) in [6.07, 6.45) is 1.52. The van der Waals surface area contributed by atoms with Crippen LogP contribution in [0.15, 0.2) is 30.5 Å². The summed E-state index contributed by atoms with van der Waals surface area (Å²) in [4.78, 5) is 24.2. The lowest BCUT2D eigenvalue weighted by atomic mass is 10.2. The van der Waals surface area contributed by atoms with Gasteiger partial charge in [0.2, 0.25) is 0 Å². The van der Waals surface area contributed by atoms with Gasteiger partial charge in [0.25, 0.3) is 5.91 Å². The fourth-order valence-electron chi connectivity index (χ4n) is 2.21. The van der Waals surface area contributed by atoms with Gasteiger partial charge in [-0.15, -0.1) is 0 Å². The number of fused-ring (bicyclic) bond motifs is 1. The number of rotatable bonds is 2. The molecule has 0 atom stereocenters. The molecule has 0 saturated carbocycles. The minimum absolute atomic E-state index is 0.202. The molecule has 3 rings (SSSR count). The molecule has 0 fully saturated rings. The minimum atomic E-state index is -0.202. The van der Waals surface area contributed by atoms with Crippen molar-refractivity contribution in [1.82, 2.24) is 15.0 Å². The number of hydrogen-bond donors (Lipinski definition) is 2. The molecule has 6 heteroatoms. The second-order valence-corrected chi connectivity index (χ2v) is 4.80. The topological polar surface area (TPSA) is 88.6 Å². The molecule has 2 N–H and O–H groups in total. The Hall–Kier alpha value is -3.07. The number of aromatic nitrogens is 3. The Bertz CT molecular complexity index is 868. The third-order valence-corrected chi connectivity index (χ3v) is 3.32. The zero-order valence-corrected chi connectivity index (χ0v) is 11.6. The lowest BCUT2D eigenvalue weighted by Crippen LogP contribution is -2.26. The van der Waals surface area contributed by atoms with Crippen molar-refractivity contribution < 1.29 is 4.79 Å². The number of carbonyl (C=O) groups is 1. The van der Waals surface area contributed by atoms with Gasteiger partial charge in [-0.2, -0.15) is 5.26 Å². The van der Waals surface area contributed by atoms with Gasteiger partial charge in [0.15, 0.2) is 0 Å². The first kappa shape index (κ1) is 12.9. The zero-order valence-electron chi connectivity index (χ0n) is 11.6. The van der Waals surface area contributed by atoms with Crippen molar-refractivity contribution in [3.63, 3.8) is 0 Å². The number of benzene rings is 1. The Kier molecular flexibility index (Phi) is 2.95. The van der Waals surface area contributed by atoms with Gasteiger partial charge in [-0.05, 0) is 31.2 Å². The molecule has 0 aliphatic heterocycles. The molecule has 0 aliphatic carbocycles. The summed E-state index contributed by atoms with van der Waals surface area (Å²) in [6.45, 7) is 1.89. The fraction of sp³-hybridized carbons (Fsp3) is 0.133. The third kappa shape index (κ3) is 2.25. The lowest BCUT2D eigenvalue weighted by Gasteiger charge is -2.16. The number of carbonyl (C=O) groups excluding carboxylic acids is 1. The number of amides is 1. The lowest BCUT2D eigenvalue weighted by molar-refractivity contribution is 0.0989. The molecule has 104 valence electrons. The van der Waals surface area contributed by atoms with Gasteiger partial charge in [-0.25, -0.2) is 4.98 Å². The van der Waals surface area contributed by atoms with Gasteiger partial charge in [-0.3, -0.25) is 4.79 Å². The number of H-pyrrole nitrogens is 2. The largest absolute Gasteiger partial charge is 0.356 e. The SMILES string of the molecule is Cc1nc2ccc(N(C)C(=O)c3cc(C#N)c[nH]3)cc2[nH]1. The summed E-state index contributed by atoms with van der Waals surface area (Å²) in [5.74, 6) is 0.631. The van der Waals surface area contributed by atoms with E-state index in [1.807, 2.05) is 31.2 Å². The van der Waals surface area contributed by atoms with Crippen molar-refractivity contribution in [3.8, 4) is 6.07 Å². The molecular formula is C15H13N5O. The van der Waals surface area contributed by atoms with E-state index in [1.54, 1.807) is 7.05 Å². The molecule has 0 radical (unpaired) electrons. The fourth-order valence-corrected chi connectivity index (χ4v) is 2.21. The van der Waals surface area contributed by atoms with E-state index in [9.17, 15) is 4.79 Å². The molecule has 6 nitrogen and oxygen atoms in total. The van der Waals surface area contributed by atoms with Crippen LogP contribution in [-0.2, 0) is 0 Å². The average Bonchev–Trinajstić information content (AvgIpc) is 3.09. The van der Waals surface area contributed by atoms with Crippen molar-refractivity contribution in [2.24, 2.45) is 0 Å². The highest BCUT2D eigenvalue weighted by Gasteiger charge is 2.16. The first-order valence-electron chi connectivity index (χ1n) is 6.41. The number of hydrogen-bond acceptors (Lipinski definition) is 3. The van der Waals surface area contributed by atoms with Gasteiger partial charge in [0, 0.05) is 18.9 Å². The average molecular weight is 279 g/mol. The Labute approximate surface area is 121 Å². The van der Waals surface area contributed by atoms with E-state index in [1.165, 1.54) is 17.2 Å². The highest BCUT2D eigenvalue weighted by Crippen LogP contribution is 2.21. The van der Waals surface area contributed by atoms with Crippen molar-refractivity contribution in [2.75, 3.05) is 11.9 Å². The Morgan fingerprint density at radius 3 is 2.90 bits per heavy atom. The summed E-state index contributed by atoms with van der Waals surface area (Å²) < 4.78 is 0. The van der Waals surface area contributed by atoms with Crippen molar-refractivity contribution >= 4 is 22.6 Å². The Morgan fingerprint density at radius 2 is 2.19 bits per heavy atom. The predicted octanol–water partition coefficient (Wildman–Crippen LogP) is 2.35. The maximum atomic E-state index is 12.4. The van der Waals surface area contributed by atoms with Crippen molar-refractivity contribution in [2.45, 2.75) is 6.92 Å². The molecule has 3 aromatic rings. The van der Waals surface area contributed by atoms with E-state index in [0.717, 1.165) is 22.5 Å². The molecular weight excluding hydrogens is 266 g/mol. The van der Waals surface area contributed by atoms with Crippen LogP contribution in [-0.4, -0.2) is 27.9 Å². The summed E-state index contributed by atoms with van der Waals surface area (Å²) in [6, 6.07) is 9.12. The molecule has 2 heterocycles. The summed E-state index contributed by atoms with van der Waals surface area (Å²) in [7, 11) is 1.69. The molecule has 21 heavy (non-hydrogen) atoms. The van der Waals surface area contributed by atoms with Crippen LogP contribution in [0.4, 0.5) is 5.69 Å². The number of aromatic amines is 2. The van der Waals surface area contributed by atoms with Crippen LogP contribution in [0.2, 0.25) is 0 Å². The number of nitriles is 1. The molecule has 1 aromatic carbocycles. The molecule has 0 spiro atoms. The number of anilines is 1. The second-order valence-electron chi connectivity index (χ2n) is 4.80. The minimum Gasteiger partial charge on any atom is -0.356 e. The van der Waals surface area contributed by atoms with Crippen LogP contribution in [0, 0.1) is 18.3 Å². The Morgan fingerprint density at radius 1 is 1.38 bits per heavy atom. The smallest absolute Gasteiger partial charge is 0.274 e. The molecule has 1 amide bonds. The van der Waals surface area contributed by atoms with Gasteiger partial charge in [0.1, 0.15) is 17.6 Å².